The molecule has 4 heteroatoms. The van der Waals surface area contributed by atoms with E-state index in [0.717, 1.165) is 5.56 Å². The van der Waals surface area contributed by atoms with Gasteiger partial charge in [-0.1, -0.05) is 0 Å². The zero-order chi connectivity index (χ0) is 11.5. The summed E-state index contributed by atoms with van der Waals surface area (Å²) in [5, 5.41) is 0. The van der Waals surface area contributed by atoms with Crippen molar-refractivity contribution in [3.05, 3.63) is 47.3 Å². The van der Waals surface area contributed by atoms with Crippen LogP contribution < -0.4 is 0 Å². The third-order valence-electron chi connectivity index (χ3n) is 2.24. The number of hydrogen-bond acceptors (Lipinski definition) is 4. The maximum absolute atomic E-state index is 11.9. The summed E-state index contributed by atoms with van der Waals surface area (Å²) < 4.78 is 15.3. The van der Waals surface area contributed by atoms with Crippen molar-refractivity contribution in [1.29, 1.82) is 0 Å². The van der Waals surface area contributed by atoms with Crippen LogP contribution in [-0.2, 0) is 11.3 Å². The van der Waals surface area contributed by atoms with Crippen molar-refractivity contribution in [1.82, 2.24) is 0 Å². The molecule has 84 valence electrons. The molecule has 0 fully saturated rings. The van der Waals surface area contributed by atoms with Gasteiger partial charge < -0.3 is 13.6 Å². The maximum atomic E-state index is 11.9. The lowest BCUT2D eigenvalue weighted by Gasteiger charge is -1.95. The van der Waals surface area contributed by atoms with E-state index in [2.05, 4.69) is 0 Å². The van der Waals surface area contributed by atoms with E-state index in [0.29, 0.717) is 18.1 Å². The van der Waals surface area contributed by atoms with Gasteiger partial charge in [0, 0.05) is 7.11 Å². The van der Waals surface area contributed by atoms with Crippen LogP contribution in [0.1, 0.15) is 27.6 Å². The van der Waals surface area contributed by atoms with Crippen LogP contribution in [-0.4, -0.2) is 12.9 Å². The van der Waals surface area contributed by atoms with Gasteiger partial charge >= 0.3 is 0 Å². The Labute approximate surface area is 92.8 Å². The number of carbonyl (C=O) groups is 1. The van der Waals surface area contributed by atoms with Crippen molar-refractivity contribution in [2.45, 2.75) is 13.5 Å². The van der Waals surface area contributed by atoms with Gasteiger partial charge in [0.05, 0.1) is 6.26 Å². The molecule has 2 aromatic rings. The molecule has 2 aromatic heterocycles. The second kappa shape index (κ2) is 4.37. The Hall–Kier alpha value is -1.81. The molecule has 0 bridgehead atoms. The Bertz CT molecular complexity index is 493. The largest absolute Gasteiger partial charge is 0.460 e. The van der Waals surface area contributed by atoms with E-state index < -0.39 is 0 Å². The van der Waals surface area contributed by atoms with E-state index in [1.54, 1.807) is 25.3 Å². The predicted molar refractivity (Wildman–Crippen MR) is 56.3 cm³/mol. The first kappa shape index (κ1) is 10.7. The highest BCUT2D eigenvalue weighted by atomic mass is 16.5. The van der Waals surface area contributed by atoms with Crippen LogP contribution in [0.15, 0.2) is 33.3 Å². The molecule has 2 rings (SSSR count). The van der Waals surface area contributed by atoms with E-state index in [1.165, 1.54) is 6.26 Å². The maximum Gasteiger partial charge on any atom is 0.263 e. The molecule has 16 heavy (non-hydrogen) atoms. The van der Waals surface area contributed by atoms with Gasteiger partial charge in [-0.15, -0.1) is 0 Å². The van der Waals surface area contributed by atoms with Crippen LogP contribution in [0.25, 0.3) is 0 Å². The van der Waals surface area contributed by atoms with Crippen molar-refractivity contribution in [2.75, 3.05) is 7.11 Å². The van der Waals surface area contributed by atoms with Gasteiger partial charge in [-0.25, -0.2) is 0 Å². The molecule has 0 radical (unpaired) electrons. The topological polar surface area (TPSA) is 52.6 Å². The van der Waals surface area contributed by atoms with E-state index in [-0.39, 0.29) is 11.5 Å². The zero-order valence-electron chi connectivity index (χ0n) is 9.15. The number of carbonyl (C=O) groups excluding carboxylic acids is 1. The Kier molecular flexibility index (Phi) is 2.92. The molecule has 0 unspecified atom stereocenters. The Morgan fingerprint density at radius 1 is 1.38 bits per heavy atom. The Balaban J connectivity index is 2.24. The van der Waals surface area contributed by atoms with E-state index >= 15 is 0 Å². The molecular formula is C12H12O4. The van der Waals surface area contributed by atoms with Crippen molar-refractivity contribution in [3.8, 4) is 0 Å². The van der Waals surface area contributed by atoms with Gasteiger partial charge in [0.15, 0.2) is 11.5 Å². The molecule has 0 aliphatic rings. The van der Waals surface area contributed by atoms with Gasteiger partial charge in [0.25, 0.3) is 5.78 Å². The molecule has 0 N–H and O–H groups in total. The van der Waals surface area contributed by atoms with Gasteiger partial charge in [0.1, 0.15) is 12.4 Å². The molecule has 0 atom stereocenters. The van der Waals surface area contributed by atoms with E-state index in [1.807, 2.05) is 6.92 Å². The molecule has 0 spiro atoms. The number of ketones is 1. The summed E-state index contributed by atoms with van der Waals surface area (Å²) in [4.78, 5) is 11.9. The minimum Gasteiger partial charge on any atom is -0.460 e. The van der Waals surface area contributed by atoms with Crippen LogP contribution in [0.2, 0.25) is 0 Å². The first-order chi connectivity index (χ1) is 7.72. The number of methoxy groups -OCH3 is 1. The summed E-state index contributed by atoms with van der Waals surface area (Å²) in [6.45, 7) is 2.17. The fraction of sp³-hybridized carbons (Fsp3) is 0.250. The van der Waals surface area contributed by atoms with Crippen LogP contribution in [0.3, 0.4) is 0 Å². The summed E-state index contributed by atoms with van der Waals surface area (Å²) in [5.41, 5.74) is 0.801. The summed E-state index contributed by atoms with van der Waals surface area (Å²) in [5.74, 6) is 0.961. The molecule has 0 aliphatic carbocycles. The summed E-state index contributed by atoms with van der Waals surface area (Å²) >= 11 is 0. The minimum atomic E-state index is -0.246. The van der Waals surface area contributed by atoms with E-state index in [9.17, 15) is 4.79 Å². The molecule has 2 heterocycles. The third kappa shape index (κ3) is 1.92. The number of ether oxygens (including phenoxy) is 1. The fourth-order valence-corrected chi connectivity index (χ4v) is 1.44. The van der Waals surface area contributed by atoms with Crippen LogP contribution in [0, 0.1) is 6.92 Å². The van der Waals surface area contributed by atoms with Crippen LogP contribution in [0.4, 0.5) is 0 Å². The molecule has 0 saturated carbocycles. The van der Waals surface area contributed by atoms with E-state index in [4.69, 9.17) is 13.6 Å². The standard InChI is InChI=1S/C12H12O4/c1-8-5-6-15-12(8)11(13)10-4-3-9(16-10)7-14-2/h3-6H,7H2,1-2H3. The first-order valence-corrected chi connectivity index (χ1v) is 4.89. The SMILES string of the molecule is COCc1ccc(C(=O)c2occc2C)o1. The quantitative estimate of drug-likeness (QED) is 0.743. The van der Waals surface area contributed by atoms with Crippen molar-refractivity contribution >= 4 is 5.78 Å². The summed E-state index contributed by atoms with van der Waals surface area (Å²) in [6.07, 6.45) is 1.49. The highest BCUT2D eigenvalue weighted by Crippen LogP contribution is 2.17. The van der Waals surface area contributed by atoms with Crippen molar-refractivity contribution < 1.29 is 18.4 Å². The number of rotatable bonds is 4. The summed E-state index contributed by atoms with van der Waals surface area (Å²) in [7, 11) is 1.57. The molecule has 0 aromatic carbocycles. The highest BCUT2D eigenvalue weighted by molar-refractivity contribution is 6.06. The lowest BCUT2D eigenvalue weighted by molar-refractivity contribution is 0.0973. The smallest absolute Gasteiger partial charge is 0.263 e. The Morgan fingerprint density at radius 3 is 2.81 bits per heavy atom. The summed E-state index contributed by atoms with van der Waals surface area (Å²) in [6, 6.07) is 5.08. The second-order valence-corrected chi connectivity index (χ2v) is 3.46. The number of aryl methyl sites for hydroxylation is 1. The normalized spacial score (nSPS) is 10.6. The lowest BCUT2D eigenvalue weighted by atomic mass is 10.2. The monoisotopic (exact) mass is 220 g/mol. The average molecular weight is 220 g/mol. The zero-order valence-corrected chi connectivity index (χ0v) is 9.15. The van der Waals surface area contributed by atoms with Gasteiger partial charge in [-0.3, -0.25) is 4.79 Å². The molecule has 0 amide bonds. The van der Waals surface area contributed by atoms with Crippen LogP contribution in [0.5, 0.6) is 0 Å². The molecular weight excluding hydrogens is 208 g/mol. The van der Waals surface area contributed by atoms with Crippen molar-refractivity contribution in [2.24, 2.45) is 0 Å². The van der Waals surface area contributed by atoms with Gasteiger partial charge in [-0.05, 0) is 30.7 Å². The Morgan fingerprint density at radius 2 is 2.19 bits per heavy atom. The predicted octanol–water partition coefficient (Wildman–Crippen LogP) is 2.56. The number of hydrogen-bond donors (Lipinski definition) is 0. The third-order valence-corrected chi connectivity index (χ3v) is 2.24. The minimum absolute atomic E-state index is 0.246. The average Bonchev–Trinajstić information content (AvgIpc) is 2.87. The molecule has 0 saturated heterocycles. The molecule has 0 aliphatic heterocycles. The van der Waals surface area contributed by atoms with Crippen molar-refractivity contribution in [3.63, 3.8) is 0 Å². The first-order valence-electron chi connectivity index (χ1n) is 4.89. The van der Waals surface area contributed by atoms with Gasteiger partial charge in [0.2, 0.25) is 0 Å². The fourth-order valence-electron chi connectivity index (χ4n) is 1.44. The highest BCUT2D eigenvalue weighted by Gasteiger charge is 2.18. The number of furan rings is 2. The lowest BCUT2D eigenvalue weighted by Crippen LogP contribution is -1.99. The molecule has 4 nitrogen and oxygen atoms in total. The van der Waals surface area contributed by atoms with Crippen LogP contribution >= 0.6 is 0 Å². The van der Waals surface area contributed by atoms with Gasteiger partial charge in [-0.2, -0.15) is 0 Å². The second-order valence-electron chi connectivity index (χ2n) is 3.46.